The highest BCUT2D eigenvalue weighted by atomic mass is 14.4. The highest BCUT2D eigenvalue weighted by Gasteiger charge is 2.41. The predicted molar refractivity (Wildman–Crippen MR) is 175 cm³/mol. The van der Waals surface area contributed by atoms with E-state index in [0.717, 1.165) is 37.7 Å². The zero-order valence-electron chi connectivity index (χ0n) is 25.2. The van der Waals surface area contributed by atoms with Crippen LogP contribution in [0.2, 0.25) is 0 Å². The largest absolute Gasteiger partial charge is 0.0955 e. The van der Waals surface area contributed by atoms with Crippen LogP contribution in [0.3, 0.4) is 0 Å². The molecule has 204 valence electrons. The van der Waals surface area contributed by atoms with Crippen LogP contribution in [0.25, 0.3) is 11.1 Å². The van der Waals surface area contributed by atoms with Crippen molar-refractivity contribution in [1.82, 2.24) is 0 Å². The van der Waals surface area contributed by atoms with Crippen LogP contribution in [0, 0.1) is 12.8 Å². The Labute approximate surface area is 242 Å². The monoisotopic (exact) mass is 524 g/mol. The van der Waals surface area contributed by atoms with Crippen molar-refractivity contribution in [1.29, 1.82) is 0 Å². The quantitative estimate of drug-likeness (QED) is 0.322. The second-order valence-corrected chi connectivity index (χ2v) is 12.0. The van der Waals surface area contributed by atoms with Gasteiger partial charge in [-0.25, -0.2) is 0 Å². The van der Waals surface area contributed by atoms with E-state index in [1.807, 2.05) is 0 Å². The number of fused-ring (bicyclic) bond motifs is 1. The van der Waals surface area contributed by atoms with E-state index in [-0.39, 0.29) is 5.92 Å². The summed E-state index contributed by atoms with van der Waals surface area (Å²) in [6.07, 6.45) is 14.6. The van der Waals surface area contributed by atoms with Crippen molar-refractivity contribution in [3.63, 3.8) is 0 Å². The van der Waals surface area contributed by atoms with Crippen molar-refractivity contribution >= 4 is 11.1 Å². The van der Waals surface area contributed by atoms with Gasteiger partial charge in [0.05, 0.1) is 0 Å². The van der Waals surface area contributed by atoms with Crippen molar-refractivity contribution in [2.75, 3.05) is 0 Å². The molecule has 0 aliphatic heterocycles. The molecule has 0 bridgehead atoms. The molecule has 3 aliphatic rings. The van der Waals surface area contributed by atoms with Crippen LogP contribution >= 0.6 is 0 Å². The van der Waals surface area contributed by atoms with E-state index in [9.17, 15) is 0 Å². The maximum atomic E-state index is 4.74. The Morgan fingerprint density at radius 1 is 0.950 bits per heavy atom. The fraction of sp³-hybridized carbons (Fsp3) is 0.300. The Bertz CT molecular complexity index is 1540. The number of hydrogen-bond acceptors (Lipinski definition) is 0. The van der Waals surface area contributed by atoms with Gasteiger partial charge in [0.2, 0.25) is 0 Å². The molecule has 0 N–H and O–H groups in total. The number of aryl methyl sites for hydroxylation is 2. The van der Waals surface area contributed by atoms with Crippen LogP contribution in [-0.4, -0.2) is 0 Å². The van der Waals surface area contributed by atoms with E-state index in [2.05, 4.69) is 115 Å². The van der Waals surface area contributed by atoms with Gasteiger partial charge in [0.25, 0.3) is 0 Å². The zero-order chi connectivity index (χ0) is 28.6. The Hall–Kier alpha value is -3.64. The third kappa shape index (κ3) is 5.25. The third-order valence-corrected chi connectivity index (χ3v) is 9.06. The fourth-order valence-electron chi connectivity index (χ4n) is 6.88. The molecule has 0 heteroatoms. The summed E-state index contributed by atoms with van der Waals surface area (Å²) in [5, 5.41) is 0. The number of allylic oxidation sites excluding steroid dienone is 13. The topological polar surface area (TPSA) is 0 Å². The molecule has 0 heterocycles. The number of benzene rings is 2. The summed E-state index contributed by atoms with van der Waals surface area (Å²) in [5.41, 5.74) is 18.8. The first-order chi connectivity index (χ1) is 19.2. The summed E-state index contributed by atoms with van der Waals surface area (Å²) in [4.78, 5) is 0. The lowest BCUT2D eigenvalue weighted by atomic mass is 9.69. The van der Waals surface area contributed by atoms with E-state index in [4.69, 9.17) is 6.58 Å². The van der Waals surface area contributed by atoms with E-state index < -0.39 is 0 Å². The van der Waals surface area contributed by atoms with Crippen LogP contribution < -0.4 is 0 Å². The van der Waals surface area contributed by atoms with Crippen molar-refractivity contribution < 1.29 is 0 Å². The Morgan fingerprint density at radius 3 is 2.38 bits per heavy atom. The molecule has 0 saturated heterocycles. The summed E-state index contributed by atoms with van der Waals surface area (Å²) >= 11 is 0. The molecule has 0 nitrogen and oxygen atoms in total. The lowest BCUT2D eigenvalue weighted by Gasteiger charge is -2.34. The van der Waals surface area contributed by atoms with Crippen LogP contribution in [-0.2, 0) is 6.42 Å². The van der Waals surface area contributed by atoms with Crippen LogP contribution in [0.4, 0.5) is 0 Å². The van der Waals surface area contributed by atoms with E-state index >= 15 is 0 Å². The molecule has 2 aromatic rings. The van der Waals surface area contributed by atoms with Crippen molar-refractivity contribution in [3.05, 3.63) is 153 Å². The molecule has 2 aromatic carbocycles. The molecule has 0 aromatic heterocycles. The molecule has 5 rings (SSSR count). The van der Waals surface area contributed by atoms with Gasteiger partial charge in [0, 0.05) is 11.8 Å². The van der Waals surface area contributed by atoms with E-state index in [1.54, 1.807) is 0 Å². The lowest BCUT2D eigenvalue weighted by molar-refractivity contribution is 0.619. The Morgan fingerprint density at radius 2 is 1.70 bits per heavy atom. The van der Waals surface area contributed by atoms with Crippen molar-refractivity contribution in [2.24, 2.45) is 5.92 Å². The molecule has 0 amide bonds. The molecule has 2 unspecified atom stereocenters. The van der Waals surface area contributed by atoms with Gasteiger partial charge in [-0.2, -0.15) is 0 Å². The summed E-state index contributed by atoms with van der Waals surface area (Å²) in [6.45, 7) is 24.5. The Kier molecular flexibility index (Phi) is 7.99. The van der Waals surface area contributed by atoms with Crippen molar-refractivity contribution in [2.45, 2.75) is 72.6 Å². The van der Waals surface area contributed by atoms with Gasteiger partial charge < -0.3 is 0 Å². The summed E-state index contributed by atoms with van der Waals surface area (Å²) in [7, 11) is 0. The van der Waals surface area contributed by atoms with Gasteiger partial charge in [-0.15, -0.1) is 0 Å². The maximum Gasteiger partial charge on any atom is 0.0201 e. The first-order valence-corrected chi connectivity index (χ1v) is 15.0. The van der Waals surface area contributed by atoms with E-state index in [1.165, 1.54) is 72.4 Å². The molecule has 40 heavy (non-hydrogen) atoms. The average Bonchev–Trinajstić information content (AvgIpc) is 3.52. The SMILES string of the molecule is C=C(CCC)C1=C(C)C=C2C/C(=C\C3=CC=C(c4cc(C(=C)C)ccc4C)C3)C(=C)C2C1c1ccc(CC)cc1. The smallest absolute Gasteiger partial charge is 0.0201 e. The van der Waals surface area contributed by atoms with Crippen LogP contribution in [0.15, 0.2) is 126 Å². The first kappa shape index (κ1) is 27.9. The summed E-state index contributed by atoms with van der Waals surface area (Å²) < 4.78 is 0. The minimum Gasteiger partial charge on any atom is -0.0955 e. The second kappa shape index (κ2) is 11.5. The highest BCUT2D eigenvalue weighted by molar-refractivity contribution is 5.78. The predicted octanol–water partition coefficient (Wildman–Crippen LogP) is 11.2. The molecule has 2 atom stereocenters. The fourth-order valence-corrected chi connectivity index (χ4v) is 6.88. The van der Waals surface area contributed by atoms with E-state index in [0.29, 0.717) is 5.92 Å². The normalized spacial score (nSPS) is 21.4. The van der Waals surface area contributed by atoms with Gasteiger partial charge in [-0.3, -0.25) is 0 Å². The maximum absolute atomic E-state index is 4.74. The van der Waals surface area contributed by atoms with Crippen LogP contribution in [0.5, 0.6) is 0 Å². The molecule has 0 spiro atoms. The molecular formula is C40H44. The standard InChI is InChI=1S/C40H44/c1-9-11-27(6)38-28(7)20-36-23-35(29(8)39(36)40(38)32-17-13-30(10-2)14-18-32)22-31-15-19-34(21-31)37-24-33(25(3)4)16-12-26(37)5/h12-20,22,24,39-40H,3,6,8-11,21,23H2,1-2,4-5,7H3/b35-22+. The molecule has 0 radical (unpaired) electrons. The van der Waals surface area contributed by atoms with Gasteiger partial charge in [0.15, 0.2) is 0 Å². The molecular weight excluding hydrogens is 480 g/mol. The second-order valence-electron chi connectivity index (χ2n) is 12.0. The minimum absolute atomic E-state index is 0.280. The molecule has 3 aliphatic carbocycles. The highest BCUT2D eigenvalue weighted by Crippen LogP contribution is 2.55. The Balaban J connectivity index is 1.44. The molecule has 1 saturated carbocycles. The lowest BCUT2D eigenvalue weighted by Crippen LogP contribution is -2.21. The zero-order valence-corrected chi connectivity index (χ0v) is 25.2. The summed E-state index contributed by atoms with van der Waals surface area (Å²) in [5.74, 6) is 0.581. The number of hydrogen-bond donors (Lipinski definition) is 0. The first-order valence-electron chi connectivity index (χ1n) is 15.0. The van der Waals surface area contributed by atoms with Crippen molar-refractivity contribution in [3.8, 4) is 0 Å². The number of rotatable bonds is 8. The molecule has 1 fully saturated rings. The van der Waals surface area contributed by atoms with Gasteiger partial charge in [0.1, 0.15) is 0 Å². The van der Waals surface area contributed by atoms with Gasteiger partial charge >= 0.3 is 0 Å². The third-order valence-electron chi connectivity index (χ3n) is 9.06. The minimum atomic E-state index is 0.280. The van der Waals surface area contributed by atoms with Crippen LogP contribution in [0.1, 0.15) is 87.1 Å². The van der Waals surface area contributed by atoms with Gasteiger partial charge in [-0.1, -0.05) is 117 Å². The van der Waals surface area contributed by atoms with Gasteiger partial charge in [-0.05, 0) is 114 Å². The summed E-state index contributed by atoms with van der Waals surface area (Å²) in [6, 6.07) is 16.0. The average molecular weight is 525 g/mol.